The molecule has 1 aromatic heterocycles. The largest absolute Gasteiger partial charge is 0.265 e. The quantitative estimate of drug-likeness (QED) is 0.706. The van der Waals surface area contributed by atoms with E-state index in [9.17, 15) is 8.42 Å². The van der Waals surface area contributed by atoms with E-state index in [0.29, 0.717) is 0 Å². The van der Waals surface area contributed by atoms with E-state index in [4.69, 9.17) is 0 Å². The molecule has 4 heteroatoms. The Kier molecular flexibility index (Phi) is 2.81. The number of aromatic nitrogens is 1. The van der Waals surface area contributed by atoms with Crippen LogP contribution >= 0.6 is 0 Å². The van der Waals surface area contributed by atoms with E-state index >= 15 is 0 Å². The molecule has 12 heavy (non-hydrogen) atoms. The molecule has 0 amide bonds. The monoisotopic (exact) mass is 185 g/mol. The molecular formula is C8H11NO2S. The fourth-order valence-electron chi connectivity index (χ4n) is 0.835. The lowest BCUT2D eigenvalue weighted by atomic mass is 10.3. The first-order valence-corrected chi connectivity index (χ1v) is 5.55. The summed E-state index contributed by atoms with van der Waals surface area (Å²) in [6.45, 7) is 1.65. The van der Waals surface area contributed by atoms with Gasteiger partial charge in [0.05, 0.1) is 5.75 Å². The molecule has 0 N–H and O–H groups in total. The average molecular weight is 185 g/mol. The molecule has 1 heterocycles. The highest BCUT2D eigenvalue weighted by atomic mass is 32.2. The van der Waals surface area contributed by atoms with Gasteiger partial charge in [-0.25, -0.2) is 8.42 Å². The van der Waals surface area contributed by atoms with Crippen molar-refractivity contribution in [2.24, 2.45) is 0 Å². The van der Waals surface area contributed by atoms with Crippen molar-refractivity contribution in [2.75, 3.05) is 5.75 Å². The van der Waals surface area contributed by atoms with Crippen LogP contribution in [-0.4, -0.2) is 19.2 Å². The van der Waals surface area contributed by atoms with Gasteiger partial charge < -0.3 is 0 Å². The third-order valence-electron chi connectivity index (χ3n) is 1.58. The van der Waals surface area contributed by atoms with Gasteiger partial charge in [0.25, 0.3) is 0 Å². The molecule has 0 bridgehead atoms. The van der Waals surface area contributed by atoms with Crippen LogP contribution in [0.2, 0.25) is 0 Å². The number of hydrogen-bond acceptors (Lipinski definition) is 3. The summed E-state index contributed by atoms with van der Waals surface area (Å²) >= 11 is 0. The topological polar surface area (TPSA) is 47.0 Å². The maximum Gasteiger partial charge on any atom is 0.154 e. The molecule has 0 aromatic carbocycles. The molecule has 0 aliphatic rings. The van der Waals surface area contributed by atoms with E-state index in [1.165, 1.54) is 0 Å². The summed E-state index contributed by atoms with van der Waals surface area (Å²) < 4.78 is 22.3. The zero-order valence-electron chi connectivity index (χ0n) is 6.90. The highest BCUT2D eigenvalue weighted by Crippen LogP contribution is 2.03. The molecule has 0 unspecified atom stereocenters. The third kappa shape index (κ3) is 2.62. The van der Waals surface area contributed by atoms with Crippen molar-refractivity contribution in [1.29, 1.82) is 0 Å². The minimum Gasteiger partial charge on any atom is -0.265 e. The van der Waals surface area contributed by atoms with E-state index < -0.39 is 9.84 Å². The highest BCUT2D eigenvalue weighted by molar-refractivity contribution is 7.90. The minimum absolute atomic E-state index is 0.117. The van der Waals surface area contributed by atoms with Crippen molar-refractivity contribution in [3.8, 4) is 0 Å². The molecule has 1 rings (SSSR count). The molecule has 0 atom stereocenters. The minimum atomic E-state index is -2.90. The van der Waals surface area contributed by atoms with Gasteiger partial charge in [0.1, 0.15) is 0 Å². The van der Waals surface area contributed by atoms with Crippen molar-refractivity contribution in [3.05, 3.63) is 30.1 Å². The number of hydrogen-bond donors (Lipinski definition) is 0. The number of sulfone groups is 1. The van der Waals surface area contributed by atoms with Crippen LogP contribution in [0.25, 0.3) is 0 Å². The maximum absolute atomic E-state index is 11.1. The predicted octanol–water partition coefficient (Wildman–Crippen LogP) is 1.02. The first-order chi connectivity index (χ1) is 5.64. The molecule has 0 fully saturated rings. The fraction of sp³-hybridized carbons (Fsp3) is 0.375. The van der Waals surface area contributed by atoms with Crippen molar-refractivity contribution < 1.29 is 8.42 Å². The Hall–Kier alpha value is -0.900. The Balaban J connectivity index is 2.78. The third-order valence-corrected chi connectivity index (χ3v) is 3.23. The van der Waals surface area contributed by atoms with Crippen LogP contribution in [0.5, 0.6) is 0 Å². The molecule has 3 nitrogen and oxygen atoms in total. The van der Waals surface area contributed by atoms with Crippen LogP contribution in [0.1, 0.15) is 12.5 Å². The van der Waals surface area contributed by atoms with Crippen molar-refractivity contribution >= 4 is 9.84 Å². The van der Waals surface area contributed by atoms with Crippen molar-refractivity contribution in [1.82, 2.24) is 4.98 Å². The summed E-state index contributed by atoms with van der Waals surface area (Å²) in [6.07, 6.45) is 3.20. The Morgan fingerprint density at radius 2 is 1.92 bits per heavy atom. The summed E-state index contributed by atoms with van der Waals surface area (Å²) in [5.41, 5.74) is 0.798. The number of nitrogens with zero attached hydrogens (tertiary/aromatic N) is 1. The molecule has 0 radical (unpaired) electrons. The van der Waals surface area contributed by atoms with Gasteiger partial charge in [0.15, 0.2) is 9.84 Å². The zero-order valence-corrected chi connectivity index (χ0v) is 7.71. The summed E-state index contributed by atoms with van der Waals surface area (Å²) in [5, 5.41) is 0. The molecule has 66 valence electrons. The molecule has 0 saturated carbocycles. The van der Waals surface area contributed by atoms with E-state index in [2.05, 4.69) is 4.98 Å². The fourth-order valence-corrected chi connectivity index (χ4v) is 1.74. The second kappa shape index (κ2) is 3.67. The summed E-state index contributed by atoms with van der Waals surface area (Å²) in [6, 6.07) is 3.43. The van der Waals surface area contributed by atoms with Gasteiger partial charge in [-0.1, -0.05) is 6.92 Å². The summed E-state index contributed by atoms with van der Waals surface area (Å²) in [7, 11) is -2.90. The highest BCUT2D eigenvalue weighted by Gasteiger charge is 2.07. The Morgan fingerprint density at radius 1 is 1.33 bits per heavy atom. The van der Waals surface area contributed by atoms with Crippen LogP contribution in [0, 0.1) is 0 Å². The summed E-state index contributed by atoms with van der Waals surface area (Å²) in [5.74, 6) is 0.307. The Morgan fingerprint density at radius 3 is 2.42 bits per heavy atom. The lowest BCUT2D eigenvalue weighted by molar-refractivity contribution is 0.596. The van der Waals surface area contributed by atoms with Crippen LogP contribution in [-0.2, 0) is 15.6 Å². The molecular weight excluding hydrogens is 174 g/mol. The smallest absolute Gasteiger partial charge is 0.154 e. The van der Waals surface area contributed by atoms with Gasteiger partial charge in [-0.2, -0.15) is 0 Å². The average Bonchev–Trinajstić information content (AvgIpc) is 2.06. The second-order valence-corrected chi connectivity index (χ2v) is 4.89. The first kappa shape index (κ1) is 9.19. The van der Waals surface area contributed by atoms with Gasteiger partial charge in [0, 0.05) is 18.1 Å². The zero-order chi connectivity index (χ0) is 9.03. The lowest BCUT2D eigenvalue weighted by Gasteiger charge is -1.99. The normalized spacial score (nSPS) is 11.4. The van der Waals surface area contributed by atoms with Gasteiger partial charge >= 0.3 is 0 Å². The van der Waals surface area contributed by atoms with E-state index in [-0.39, 0.29) is 11.5 Å². The molecule has 0 aliphatic heterocycles. The van der Waals surface area contributed by atoms with Gasteiger partial charge in [-0.3, -0.25) is 4.98 Å². The Bertz CT molecular complexity index is 331. The predicted molar refractivity (Wildman–Crippen MR) is 47.4 cm³/mol. The van der Waals surface area contributed by atoms with Gasteiger partial charge in [-0.05, 0) is 17.7 Å². The first-order valence-electron chi connectivity index (χ1n) is 3.73. The van der Waals surface area contributed by atoms with E-state index in [1.807, 2.05) is 0 Å². The molecule has 1 aromatic rings. The SMILES string of the molecule is CCS(=O)(=O)Cc1ccncc1. The molecule has 0 spiro atoms. The second-order valence-electron chi connectivity index (χ2n) is 2.53. The van der Waals surface area contributed by atoms with Crippen LogP contribution < -0.4 is 0 Å². The van der Waals surface area contributed by atoms with Gasteiger partial charge in [-0.15, -0.1) is 0 Å². The molecule has 0 aliphatic carbocycles. The lowest BCUT2D eigenvalue weighted by Crippen LogP contribution is -2.06. The number of pyridine rings is 1. The van der Waals surface area contributed by atoms with Crippen molar-refractivity contribution in [2.45, 2.75) is 12.7 Å². The standard InChI is InChI=1S/C8H11NO2S/c1-2-12(10,11)7-8-3-5-9-6-4-8/h3-6H,2,7H2,1H3. The number of rotatable bonds is 3. The Labute approximate surface area is 72.4 Å². The van der Waals surface area contributed by atoms with Crippen LogP contribution in [0.4, 0.5) is 0 Å². The maximum atomic E-state index is 11.1. The van der Waals surface area contributed by atoms with E-state index in [0.717, 1.165) is 5.56 Å². The van der Waals surface area contributed by atoms with Crippen LogP contribution in [0.3, 0.4) is 0 Å². The van der Waals surface area contributed by atoms with Gasteiger partial charge in [0.2, 0.25) is 0 Å². The summed E-state index contributed by atoms with van der Waals surface area (Å²) in [4.78, 5) is 3.81. The van der Waals surface area contributed by atoms with E-state index in [1.54, 1.807) is 31.5 Å². The molecule has 0 saturated heterocycles. The van der Waals surface area contributed by atoms with Crippen molar-refractivity contribution in [3.63, 3.8) is 0 Å². The van der Waals surface area contributed by atoms with Crippen LogP contribution in [0.15, 0.2) is 24.5 Å².